The molecule has 1 saturated carbocycles. The van der Waals surface area contributed by atoms with Crippen LogP contribution in [-0.4, -0.2) is 18.5 Å². The van der Waals surface area contributed by atoms with Gasteiger partial charge in [0.2, 0.25) is 5.91 Å². The highest BCUT2D eigenvalue weighted by Gasteiger charge is 2.46. The fraction of sp³-hybridized carbons (Fsp3) is 0.923. The Morgan fingerprint density at radius 1 is 0.667 bits per heavy atom. The van der Waals surface area contributed by atoms with Crippen molar-refractivity contribution in [3.8, 4) is 0 Å². The van der Waals surface area contributed by atoms with Crippen molar-refractivity contribution in [1.82, 2.24) is 0 Å². The molecule has 2 N–H and O–H groups in total. The first-order valence-corrected chi connectivity index (χ1v) is 13.1. The summed E-state index contributed by atoms with van der Waals surface area (Å²) in [5.74, 6) is -0.880. The molecule has 0 atom stereocenters. The van der Waals surface area contributed by atoms with E-state index in [2.05, 4.69) is 6.92 Å². The van der Waals surface area contributed by atoms with Gasteiger partial charge in [-0.2, -0.15) is 0 Å². The van der Waals surface area contributed by atoms with Crippen molar-refractivity contribution in [3.63, 3.8) is 0 Å². The van der Waals surface area contributed by atoms with Crippen molar-refractivity contribution in [2.45, 2.75) is 142 Å². The smallest absolute Gasteiger partial charge is 0.321 e. The third-order valence-electron chi connectivity index (χ3n) is 6.80. The summed E-state index contributed by atoms with van der Waals surface area (Å²) in [6.45, 7) is 2.70. The number of esters is 1. The summed E-state index contributed by atoms with van der Waals surface area (Å²) in [5, 5.41) is 0. The quantitative estimate of drug-likeness (QED) is 0.135. The van der Waals surface area contributed by atoms with Crippen LogP contribution in [0.4, 0.5) is 0 Å². The van der Waals surface area contributed by atoms with Gasteiger partial charge in [0.1, 0.15) is 5.41 Å². The van der Waals surface area contributed by atoms with Crippen LogP contribution in [0.5, 0.6) is 0 Å². The number of nitrogens with two attached hydrogens (primary N) is 1. The van der Waals surface area contributed by atoms with E-state index in [0.717, 1.165) is 32.1 Å². The van der Waals surface area contributed by atoms with Gasteiger partial charge in [-0.25, -0.2) is 0 Å². The number of rotatable bonds is 19. The zero-order chi connectivity index (χ0) is 21.9. The van der Waals surface area contributed by atoms with Crippen LogP contribution in [0, 0.1) is 5.41 Å². The van der Waals surface area contributed by atoms with Gasteiger partial charge in [0.15, 0.2) is 0 Å². The molecule has 0 unspecified atom stereocenters. The Morgan fingerprint density at radius 3 is 1.47 bits per heavy atom. The molecule has 4 nitrogen and oxygen atoms in total. The van der Waals surface area contributed by atoms with Crippen molar-refractivity contribution in [1.29, 1.82) is 0 Å². The predicted molar refractivity (Wildman–Crippen MR) is 125 cm³/mol. The zero-order valence-corrected chi connectivity index (χ0v) is 19.9. The van der Waals surface area contributed by atoms with Gasteiger partial charge in [-0.15, -0.1) is 0 Å². The van der Waals surface area contributed by atoms with E-state index in [-0.39, 0.29) is 5.97 Å². The van der Waals surface area contributed by atoms with Crippen LogP contribution in [0.1, 0.15) is 142 Å². The predicted octanol–water partition coefficient (Wildman–Crippen LogP) is 7.23. The minimum absolute atomic E-state index is 0.379. The summed E-state index contributed by atoms with van der Waals surface area (Å²) in [5.41, 5.74) is 4.48. The molecule has 0 spiro atoms. The van der Waals surface area contributed by atoms with Crippen molar-refractivity contribution >= 4 is 11.9 Å². The second-order valence-corrected chi connectivity index (χ2v) is 9.45. The zero-order valence-electron chi connectivity index (χ0n) is 19.9. The molecule has 30 heavy (non-hydrogen) atoms. The Morgan fingerprint density at radius 2 is 1.07 bits per heavy atom. The van der Waals surface area contributed by atoms with E-state index in [1.165, 1.54) is 89.9 Å². The summed E-state index contributed by atoms with van der Waals surface area (Å²) in [7, 11) is 0. The monoisotopic (exact) mass is 423 g/mol. The lowest BCUT2D eigenvalue weighted by atomic mass is 9.73. The number of carbonyl (C=O) groups excluding carboxylic acids is 2. The molecule has 0 saturated heterocycles. The van der Waals surface area contributed by atoms with Gasteiger partial charge in [0, 0.05) is 0 Å². The third kappa shape index (κ3) is 11.4. The van der Waals surface area contributed by atoms with Crippen LogP contribution >= 0.6 is 0 Å². The van der Waals surface area contributed by atoms with Gasteiger partial charge < -0.3 is 10.5 Å². The summed E-state index contributed by atoms with van der Waals surface area (Å²) < 4.78 is 5.43. The first kappa shape index (κ1) is 27.0. The summed E-state index contributed by atoms with van der Waals surface area (Å²) in [6, 6.07) is 0. The van der Waals surface area contributed by atoms with E-state index in [1.54, 1.807) is 0 Å². The molecule has 1 rings (SSSR count). The van der Waals surface area contributed by atoms with Crippen LogP contribution in [0.3, 0.4) is 0 Å². The number of primary amides is 1. The Bertz CT molecular complexity index is 444. The van der Waals surface area contributed by atoms with Gasteiger partial charge in [-0.05, 0) is 19.3 Å². The number of ether oxygens (including phenoxy) is 1. The molecule has 1 fully saturated rings. The number of amides is 1. The molecule has 0 aromatic rings. The average Bonchev–Trinajstić information content (AvgIpc) is 2.76. The largest absolute Gasteiger partial charge is 0.465 e. The third-order valence-corrected chi connectivity index (χ3v) is 6.80. The topological polar surface area (TPSA) is 69.4 Å². The average molecular weight is 424 g/mol. The highest BCUT2D eigenvalue weighted by atomic mass is 16.5. The fourth-order valence-corrected chi connectivity index (χ4v) is 4.66. The van der Waals surface area contributed by atoms with Crippen molar-refractivity contribution in [2.75, 3.05) is 6.61 Å². The van der Waals surface area contributed by atoms with E-state index >= 15 is 0 Å². The van der Waals surface area contributed by atoms with Crippen LogP contribution in [0.25, 0.3) is 0 Å². The van der Waals surface area contributed by atoms with Crippen molar-refractivity contribution in [3.05, 3.63) is 0 Å². The van der Waals surface area contributed by atoms with Crippen LogP contribution in [0.15, 0.2) is 0 Å². The standard InChI is InChI=1S/C26H49NO3/c1-2-3-4-5-6-7-8-9-10-11-12-13-14-15-16-20-23-30-25(29)26(24(27)28)21-18-17-19-22-26/h2-23H2,1H3,(H2,27,28). The Labute approximate surface area is 186 Å². The molecule has 1 amide bonds. The molecule has 0 aliphatic heterocycles. The Balaban J connectivity index is 1.87. The Kier molecular flexibility index (Phi) is 15.8. The SMILES string of the molecule is CCCCCCCCCCCCCCCCCCOC(=O)C1(C(N)=O)CCCCC1. The van der Waals surface area contributed by atoms with Gasteiger partial charge in [0.05, 0.1) is 6.61 Å². The molecule has 0 aromatic carbocycles. The fourth-order valence-electron chi connectivity index (χ4n) is 4.66. The summed E-state index contributed by atoms with van der Waals surface area (Å²) >= 11 is 0. The molecular formula is C26H49NO3. The summed E-state index contributed by atoms with van der Waals surface area (Å²) in [6.07, 6.45) is 25.1. The van der Waals surface area contributed by atoms with Crippen LogP contribution in [0.2, 0.25) is 0 Å². The molecule has 0 aromatic heterocycles. The molecule has 0 heterocycles. The second kappa shape index (κ2) is 17.6. The van der Waals surface area contributed by atoms with E-state index in [1.807, 2.05) is 0 Å². The molecule has 0 bridgehead atoms. The highest BCUT2D eigenvalue weighted by molar-refractivity contribution is 6.02. The lowest BCUT2D eigenvalue weighted by Crippen LogP contribution is -2.46. The summed E-state index contributed by atoms with van der Waals surface area (Å²) in [4.78, 5) is 24.2. The molecule has 1 aliphatic rings. The number of hydrogen-bond donors (Lipinski definition) is 1. The second-order valence-electron chi connectivity index (χ2n) is 9.45. The van der Waals surface area contributed by atoms with E-state index in [0.29, 0.717) is 19.4 Å². The van der Waals surface area contributed by atoms with Crippen molar-refractivity contribution < 1.29 is 14.3 Å². The first-order chi connectivity index (χ1) is 14.6. The maximum absolute atomic E-state index is 12.4. The van der Waals surface area contributed by atoms with Crippen LogP contribution in [-0.2, 0) is 14.3 Å². The van der Waals surface area contributed by atoms with Crippen molar-refractivity contribution in [2.24, 2.45) is 11.1 Å². The minimum Gasteiger partial charge on any atom is -0.465 e. The maximum Gasteiger partial charge on any atom is 0.321 e. The lowest BCUT2D eigenvalue weighted by Gasteiger charge is -2.31. The van der Waals surface area contributed by atoms with Gasteiger partial charge in [-0.1, -0.05) is 122 Å². The maximum atomic E-state index is 12.4. The van der Waals surface area contributed by atoms with E-state index in [4.69, 9.17) is 10.5 Å². The van der Waals surface area contributed by atoms with E-state index in [9.17, 15) is 9.59 Å². The van der Waals surface area contributed by atoms with Gasteiger partial charge in [-0.3, -0.25) is 9.59 Å². The lowest BCUT2D eigenvalue weighted by molar-refractivity contribution is -0.162. The molecule has 1 aliphatic carbocycles. The number of hydrogen-bond acceptors (Lipinski definition) is 3. The van der Waals surface area contributed by atoms with Crippen LogP contribution < -0.4 is 5.73 Å². The van der Waals surface area contributed by atoms with E-state index < -0.39 is 11.3 Å². The number of unbranched alkanes of at least 4 members (excludes halogenated alkanes) is 15. The minimum atomic E-state index is -1.05. The Hall–Kier alpha value is -1.06. The van der Waals surface area contributed by atoms with Gasteiger partial charge in [0.25, 0.3) is 0 Å². The number of carbonyl (C=O) groups is 2. The molecule has 0 radical (unpaired) electrons. The highest BCUT2D eigenvalue weighted by Crippen LogP contribution is 2.37. The molecular weight excluding hydrogens is 374 g/mol. The molecule has 4 heteroatoms. The first-order valence-electron chi connectivity index (χ1n) is 13.1. The van der Waals surface area contributed by atoms with Gasteiger partial charge >= 0.3 is 5.97 Å². The molecule has 176 valence electrons. The normalized spacial score (nSPS) is 15.8.